The van der Waals surface area contributed by atoms with E-state index in [1.54, 1.807) is 14.2 Å². The Bertz CT molecular complexity index is 788. The van der Waals surface area contributed by atoms with E-state index in [1.807, 2.05) is 36.6 Å². The number of hydrogen-bond donors (Lipinski definition) is 1. The van der Waals surface area contributed by atoms with Gasteiger partial charge >= 0.3 is 0 Å². The number of methoxy groups -OCH3 is 2. The summed E-state index contributed by atoms with van der Waals surface area (Å²) in [4.78, 5) is 10.6. The van der Waals surface area contributed by atoms with Crippen molar-refractivity contribution in [3.63, 3.8) is 0 Å². The van der Waals surface area contributed by atoms with Crippen LogP contribution in [0.3, 0.4) is 0 Å². The number of rotatable bonds is 8. The molecule has 1 N–H and O–H groups in total. The van der Waals surface area contributed by atoms with Crippen molar-refractivity contribution in [3.05, 3.63) is 46.2 Å². The molecule has 0 bridgehead atoms. The molecule has 3 rings (SSSR count). The van der Waals surface area contributed by atoms with E-state index in [1.165, 1.54) is 30.8 Å². The zero-order chi connectivity index (χ0) is 20.6. The molecule has 29 heavy (non-hydrogen) atoms. The van der Waals surface area contributed by atoms with Crippen molar-refractivity contribution in [2.24, 2.45) is 4.99 Å². The monoisotopic (exact) mass is 416 g/mol. The van der Waals surface area contributed by atoms with Gasteiger partial charge in [0.25, 0.3) is 0 Å². The van der Waals surface area contributed by atoms with Crippen LogP contribution < -0.4 is 14.8 Å². The van der Waals surface area contributed by atoms with Gasteiger partial charge in [-0.2, -0.15) is 0 Å². The number of likely N-dealkylation sites (tertiary alicyclic amines) is 1. The summed E-state index contributed by atoms with van der Waals surface area (Å²) in [6.45, 7) is 3.88. The lowest BCUT2D eigenvalue weighted by atomic mass is 10.2. The van der Waals surface area contributed by atoms with E-state index in [-0.39, 0.29) is 0 Å². The predicted molar refractivity (Wildman–Crippen MR) is 120 cm³/mol. The van der Waals surface area contributed by atoms with Gasteiger partial charge in [0.1, 0.15) is 11.5 Å². The molecule has 6 nitrogen and oxygen atoms in total. The van der Waals surface area contributed by atoms with E-state index < -0.39 is 0 Å². The number of benzene rings is 1. The van der Waals surface area contributed by atoms with Crippen molar-refractivity contribution >= 4 is 17.3 Å². The Labute approximate surface area is 178 Å². The van der Waals surface area contributed by atoms with Gasteiger partial charge in [-0.05, 0) is 49.5 Å². The Morgan fingerprint density at radius 1 is 1.24 bits per heavy atom. The standard InChI is InChI=1S/C22H32N4O2S/c1-23-22(25(2)16-17-9-10-18(27-3)14-20(17)28-4)24-15-19(21-8-7-13-29-21)26-11-5-6-12-26/h7-10,13-14,19H,5-6,11-12,15-16H2,1-4H3,(H,23,24). The molecule has 1 fully saturated rings. The summed E-state index contributed by atoms with van der Waals surface area (Å²) in [5.41, 5.74) is 1.09. The predicted octanol–water partition coefficient (Wildman–Crippen LogP) is 3.61. The molecule has 0 radical (unpaired) electrons. The Balaban J connectivity index is 1.66. The van der Waals surface area contributed by atoms with Gasteiger partial charge in [0, 0.05) is 43.7 Å². The van der Waals surface area contributed by atoms with Gasteiger partial charge in [0.15, 0.2) is 5.96 Å². The molecule has 1 aliphatic heterocycles. The minimum absolute atomic E-state index is 0.387. The number of ether oxygens (including phenoxy) is 2. The number of nitrogens with one attached hydrogen (secondary N) is 1. The maximum atomic E-state index is 5.54. The SMILES string of the molecule is CN=C(NCC(c1cccs1)N1CCCC1)N(C)Cc1ccc(OC)cc1OC. The van der Waals surface area contributed by atoms with Gasteiger partial charge in [0.2, 0.25) is 0 Å². The third-order valence-electron chi connectivity index (χ3n) is 5.38. The summed E-state index contributed by atoms with van der Waals surface area (Å²) in [6.07, 6.45) is 2.57. The third-order valence-corrected chi connectivity index (χ3v) is 6.36. The van der Waals surface area contributed by atoms with Crippen LogP contribution in [-0.2, 0) is 6.54 Å². The molecule has 1 atom stereocenters. The minimum Gasteiger partial charge on any atom is -0.497 e. The zero-order valence-corrected chi connectivity index (χ0v) is 18.7. The van der Waals surface area contributed by atoms with Gasteiger partial charge in [-0.25, -0.2) is 0 Å². The highest BCUT2D eigenvalue weighted by Gasteiger charge is 2.24. The largest absolute Gasteiger partial charge is 0.497 e. The molecular formula is C22H32N4O2S. The van der Waals surface area contributed by atoms with Crippen LogP contribution in [0, 0.1) is 0 Å². The van der Waals surface area contributed by atoms with Gasteiger partial charge < -0.3 is 19.7 Å². The summed E-state index contributed by atoms with van der Waals surface area (Å²) in [5.74, 6) is 2.49. The molecule has 1 unspecified atom stereocenters. The van der Waals surface area contributed by atoms with Crippen LogP contribution in [-0.4, -0.2) is 63.7 Å². The quantitative estimate of drug-likeness (QED) is 0.526. The number of guanidine groups is 1. The second kappa shape index (κ2) is 10.5. The molecule has 0 aliphatic carbocycles. The van der Waals surface area contributed by atoms with Gasteiger partial charge in [-0.15, -0.1) is 11.3 Å². The van der Waals surface area contributed by atoms with Crippen molar-refractivity contribution in [3.8, 4) is 11.5 Å². The fourth-order valence-corrected chi connectivity index (χ4v) is 4.69. The first-order chi connectivity index (χ1) is 14.2. The first-order valence-corrected chi connectivity index (χ1v) is 10.9. The van der Waals surface area contributed by atoms with Crippen LogP contribution in [0.5, 0.6) is 11.5 Å². The summed E-state index contributed by atoms with van der Waals surface area (Å²) < 4.78 is 10.8. The smallest absolute Gasteiger partial charge is 0.193 e. The van der Waals surface area contributed by atoms with Crippen molar-refractivity contribution in [1.82, 2.24) is 15.1 Å². The lowest BCUT2D eigenvalue weighted by molar-refractivity contribution is 0.247. The summed E-state index contributed by atoms with van der Waals surface area (Å²) in [5, 5.41) is 5.75. The molecule has 158 valence electrons. The van der Waals surface area contributed by atoms with Crippen molar-refractivity contribution in [2.45, 2.75) is 25.4 Å². The topological polar surface area (TPSA) is 49.3 Å². The van der Waals surface area contributed by atoms with Crippen LogP contribution in [0.25, 0.3) is 0 Å². The number of nitrogens with zero attached hydrogens (tertiary/aromatic N) is 3. The van der Waals surface area contributed by atoms with Crippen molar-refractivity contribution < 1.29 is 9.47 Å². The van der Waals surface area contributed by atoms with Crippen LogP contribution >= 0.6 is 11.3 Å². The Kier molecular flexibility index (Phi) is 7.77. The molecule has 7 heteroatoms. The van der Waals surface area contributed by atoms with Gasteiger partial charge in [0.05, 0.1) is 20.3 Å². The van der Waals surface area contributed by atoms with Crippen LogP contribution in [0.2, 0.25) is 0 Å². The average Bonchev–Trinajstić information content (AvgIpc) is 3.46. The molecule has 0 spiro atoms. The summed E-state index contributed by atoms with van der Waals surface area (Å²) in [7, 11) is 7.23. The highest BCUT2D eigenvalue weighted by molar-refractivity contribution is 7.10. The first kappa shape index (κ1) is 21.5. The summed E-state index contributed by atoms with van der Waals surface area (Å²) >= 11 is 1.83. The van der Waals surface area contributed by atoms with E-state index in [0.29, 0.717) is 12.6 Å². The molecule has 1 aliphatic rings. The maximum Gasteiger partial charge on any atom is 0.193 e. The van der Waals surface area contributed by atoms with Crippen LogP contribution in [0.4, 0.5) is 0 Å². The molecule has 1 aromatic carbocycles. The van der Waals surface area contributed by atoms with Crippen LogP contribution in [0.15, 0.2) is 40.7 Å². The maximum absolute atomic E-state index is 5.54. The second-order valence-electron chi connectivity index (χ2n) is 7.24. The third kappa shape index (κ3) is 5.42. The molecule has 0 saturated carbocycles. The Morgan fingerprint density at radius 3 is 2.66 bits per heavy atom. The minimum atomic E-state index is 0.387. The highest BCUT2D eigenvalue weighted by Crippen LogP contribution is 2.28. The van der Waals surface area contributed by atoms with E-state index in [9.17, 15) is 0 Å². The van der Waals surface area contributed by atoms with E-state index >= 15 is 0 Å². The van der Waals surface area contributed by atoms with Crippen molar-refractivity contribution in [1.29, 1.82) is 0 Å². The molecule has 0 amide bonds. The van der Waals surface area contributed by atoms with E-state index in [4.69, 9.17) is 9.47 Å². The van der Waals surface area contributed by atoms with Crippen molar-refractivity contribution in [2.75, 3.05) is 47.9 Å². The lowest BCUT2D eigenvalue weighted by Crippen LogP contribution is -2.43. The lowest BCUT2D eigenvalue weighted by Gasteiger charge is -2.29. The molecule has 2 heterocycles. The normalized spacial score (nSPS) is 15.9. The molecule has 2 aromatic rings. The Morgan fingerprint density at radius 2 is 2.03 bits per heavy atom. The molecule has 1 aromatic heterocycles. The van der Waals surface area contributed by atoms with E-state index in [2.05, 4.69) is 44.7 Å². The van der Waals surface area contributed by atoms with Gasteiger partial charge in [-0.3, -0.25) is 9.89 Å². The molecule has 1 saturated heterocycles. The van der Waals surface area contributed by atoms with E-state index in [0.717, 1.165) is 29.6 Å². The van der Waals surface area contributed by atoms with Crippen LogP contribution in [0.1, 0.15) is 29.3 Å². The Hall–Kier alpha value is -2.25. The number of hydrogen-bond acceptors (Lipinski definition) is 5. The number of aliphatic imine (C=N–C) groups is 1. The average molecular weight is 417 g/mol. The summed E-state index contributed by atoms with van der Waals surface area (Å²) in [6, 6.07) is 10.7. The zero-order valence-electron chi connectivity index (χ0n) is 17.9. The fraction of sp³-hybridized carbons (Fsp3) is 0.500. The second-order valence-corrected chi connectivity index (χ2v) is 8.22. The van der Waals surface area contributed by atoms with Gasteiger partial charge in [-0.1, -0.05) is 6.07 Å². The number of thiophene rings is 1. The first-order valence-electron chi connectivity index (χ1n) is 10.1. The fourth-order valence-electron chi connectivity index (χ4n) is 3.83. The highest BCUT2D eigenvalue weighted by atomic mass is 32.1. The molecular weight excluding hydrogens is 384 g/mol.